The zero-order valence-electron chi connectivity index (χ0n) is 11.5. The number of nitrogens with one attached hydrogen (secondary N) is 1. The number of aliphatic hydroxyl groups is 1. The summed E-state index contributed by atoms with van der Waals surface area (Å²) >= 11 is 0. The van der Waals surface area contributed by atoms with E-state index in [1.54, 1.807) is 13.0 Å². The first-order valence-electron chi connectivity index (χ1n) is 6.55. The van der Waals surface area contributed by atoms with E-state index in [9.17, 15) is 8.42 Å². The van der Waals surface area contributed by atoms with Crippen molar-refractivity contribution in [3.8, 4) is 0 Å². The summed E-state index contributed by atoms with van der Waals surface area (Å²) in [4.78, 5) is 0.0482. The molecule has 0 spiro atoms. The van der Waals surface area contributed by atoms with E-state index in [1.807, 2.05) is 0 Å². The number of primary sulfonamides is 1. The molecule has 0 heterocycles. The lowest BCUT2D eigenvalue weighted by Crippen LogP contribution is -2.19. The van der Waals surface area contributed by atoms with Gasteiger partial charge in [0.25, 0.3) is 0 Å². The van der Waals surface area contributed by atoms with Crippen LogP contribution in [0, 0.1) is 12.3 Å². The van der Waals surface area contributed by atoms with Crippen LogP contribution in [-0.2, 0) is 10.0 Å². The molecule has 1 aliphatic rings. The Morgan fingerprint density at radius 2 is 2.05 bits per heavy atom. The number of rotatable bonds is 6. The molecule has 112 valence electrons. The molecule has 1 saturated carbocycles. The van der Waals surface area contributed by atoms with Crippen LogP contribution in [0.2, 0.25) is 0 Å². The van der Waals surface area contributed by atoms with Crippen LogP contribution in [0.1, 0.15) is 24.8 Å². The second kappa shape index (κ2) is 5.23. The van der Waals surface area contributed by atoms with Crippen LogP contribution in [0.15, 0.2) is 17.0 Å². The van der Waals surface area contributed by atoms with E-state index in [0.29, 0.717) is 23.5 Å². The molecule has 2 rings (SSSR count). The fraction of sp³-hybridized carbons (Fsp3) is 0.538. The molecule has 6 N–H and O–H groups in total. The molecule has 0 aromatic heterocycles. The smallest absolute Gasteiger partial charge is 0.238 e. The first-order chi connectivity index (χ1) is 9.27. The van der Waals surface area contributed by atoms with Crippen molar-refractivity contribution in [3.63, 3.8) is 0 Å². The van der Waals surface area contributed by atoms with Crippen molar-refractivity contribution < 1.29 is 13.5 Å². The van der Waals surface area contributed by atoms with Crippen LogP contribution in [-0.4, -0.2) is 26.7 Å². The average Bonchev–Trinajstić information content (AvgIpc) is 3.09. The van der Waals surface area contributed by atoms with Gasteiger partial charge in [0, 0.05) is 24.5 Å². The second-order valence-corrected chi connectivity index (χ2v) is 7.09. The minimum atomic E-state index is -3.79. The van der Waals surface area contributed by atoms with Crippen molar-refractivity contribution in [2.75, 3.05) is 24.2 Å². The third kappa shape index (κ3) is 3.23. The lowest BCUT2D eigenvalue weighted by molar-refractivity contribution is 0.253. The van der Waals surface area contributed by atoms with Gasteiger partial charge in [0.1, 0.15) is 0 Å². The number of sulfonamides is 1. The van der Waals surface area contributed by atoms with E-state index >= 15 is 0 Å². The van der Waals surface area contributed by atoms with Crippen LogP contribution in [0.4, 0.5) is 11.4 Å². The monoisotopic (exact) mass is 299 g/mol. The summed E-state index contributed by atoms with van der Waals surface area (Å²) in [6.45, 7) is 2.56. The molecule has 0 unspecified atom stereocenters. The van der Waals surface area contributed by atoms with E-state index in [0.717, 1.165) is 19.3 Å². The highest BCUT2D eigenvalue weighted by Gasteiger charge is 2.41. The van der Waals surface area contributed by atoms with Crippen molar-refractivity contribution >= 4 is 21.4 Å². The van der Waals surface area contributed by atoms with Gasteiger partial charge in [-0.2, -0.15) is 0 Å². The highest BCUT2D eigenvalue weighted by atomic mass is 32.2. The molecule has 1 aliphatic carbocycles. The Morgan fingerprint density at radius 1 is 1.40 bits per heavy atom. The van der Waals surface area contributed by atoms with Gasteiger partial charge in [0.2, 0.25) is 10.0 Å². The number of anilines is 2. The molecular weight excluding hydrogens is 278 g/mol. The van der Waals surface area contributed by atoms with E-state index < -0.39 is 10.0 Å². The molecule has 0 aliphatic heterocycles. The molecule has 1 aromatic carbocycles. The first-order valence-corrected chi connectivity index (χ1v) is 8.10. The summed E-state index contributed by atoms with van der Waals surface area (Å²) < 4.78 is 23.1. The van der Waals surface area contributed by atoms with E-state index in [-0.39, 0.29) is 16.9 Å². The van der Waals surface area contributed by atoms with E-state index in [2.05, 4.69) is 5.32 Å². The predicted molar refractivity (Wildman–Crippen MR) is 78.8 cm³/mol. The number of nitrogens with two attached hydrogens (primary N) is 2. The van der Waals surface area contributed by atoms with Crippen LogP contribution in [0.5, 0.6) is 0 Å². The molecule has 0 bridgehead atoms. The van der Waals surface area contributed by atoms with Crippen molar-refractivity contribution in [2.45, 2.75) is 31.1 Å². The lowest BCUT2D eigenvalue weighted by atomic mass is 10.0. The summed E-state index contributed by atoms with van der Waals surface area (Å²) in [6, 6.07) is 3.08. The molecule has 0 atom stereocenters. The van der Waals surface area contributed by atoms with Gasteiger partial charge in [-0.25, -0.2) is 13.6 Å². The van der Waals surface area contributed by atoms with Crippen molar-refractivity contribution in [3.05, 3.63) is 17.7 Å². The number of hydrogen-bond donors (Lipinski definition) is 4. The van der Waals surface area contributed by atoms with Crippen LogP contribution < -0.4 is 16.2 Å². The molecule has 6 nitrogen and oxygen atoms in total. The molecule has 7 heteroatoms. The van der Waals surface area contributed by atoms with Gasteiger partial charge in [0.05, 0.1) is 4.90 Å². The first kappa shape index (κ1) is 15.1. The minimum absolute atomic E-state index is 0.0482. The van der Waals surface area contributed by atoms with Crippen molar-refractivity contribution in [2.24, 2.45) is 10.6 Å². The summed E-state index contributed by atoms with van der Waals surface area (Å²) in [6.07, 6.45) is 2.90. The Bertz CT molecular complexity index is 610. The summed E-state index contributed by atoms with van der Waals surface area (Å²) in [5.41, 5.74) is 7.48. The summed E-state index contributed by atoms with van der Waals surface area (Å²) in [5, 5.41) is 17.5. The zero-order chi connectivity index (χ0) is 15.0. The molecule has 0 saturated heterocycles. The average molecular weight is 299 g/mol. The van der Waals surface area contributed by atoms with Gasteiger partial charge in [-0.15, -0.1) is 0 Å². The SMILES string of the molecule is Cc1c(NCC2(CCO)CC2)cc(N)cc1S(N)(=O)=O. The van der Waals surface area contributed by atoms with Gasteiger partial charge in [-0.1, -0.05) is 0 Å². The maximum atomic E-state index is 11.5. The van der Waals surface area contributed by atoms with Crippen LogP contribution in [0.25, 0.3) is 0 Å². The zero-order valence-corrected chi connectivity index (χ0v) is 12.3. The Hall–Kier alpha value is -1.31. The van der Waals surface area contributed by atoms with E-state index in [4.69, 9.17) is 16.0 Å². The largest absolute Gasteiger partial charge is 0.399 e. The van der Waals surface area contributed by atoms with Gasteiger partial charge < -0.3 is 16.2 Å². The maximum absolute atomic E-state index is 11.5. The van der Waals surface area contributed by atoms with Crippen molar-refractivity contribution in [1.29, 1.82) is 0 Å². The summed E-state index contributed by atoms with van der Waals surface area (Å²) in [5.74, 6) is 0. The minimum Gasteiger partial charge on any atom is -0.399 e. The van der Waals surface area contributed by atoms with Crippen molar-refractivity contribution in [1.82, 2.24) is 0 Å². The van der Waals surface area contributed by atoms with Gasteiger partial charge >= 0.3 is 0 Å². The Morgan fingerprint density at radius 3 is 2.55 bits per heavy atom. The Kier molecular flexibility index (Phi) is 3.95. The molecular formula is C13H21N3O3S. The molecule has 0 radical (unpaired) electrons. The Labute approximate surface area is 119 Å². The van der Waals surface area contributed by atoms with E-state index in [1.165, 1.54) is 6.07 Å². The normalized spacial score (nSPS) is 16.9. The number of aliphatic hydroxyl groups excluding tert-OH is 1. The number of nitrogen functional groups attached to an aromatic ring is 1. The van der Waals surface area contributed by atoms with Gasteiger partial charge in [-0.3, -0.25) is 0 Å². The van der Waals surface area contributed by atoms with Gasteiger partial charge in [-0.05, 0) is 49.3 Å². The third-order valence-corrected chi connectivity index (χ3v) is 4.98. The second-order valence-electron chi connectivity index (χ2n) is 5.56. The maximum Gasteiger partial charge on any atom is 0.238 e. The molecule has 1 aromatic rings. The molecule has 1 fully saturated rings. The quantitative estimate of drug-likeness (QED) is 0.579. The molecule has 20 heavy (non-hydrogen) atoms. The fourth-order valence-electron chi connectivity index (χ4n) is 2.40. The third-order valence-electron chi connectivity index (χ3n) is 3.94. The lowest BCUT2D eigenvalue weighted by Gasteiger charge is -2.18. The van der Waals surface area contributed by atoms with Gasteiger partial charge in [0.15, 0.2) is 0 Å². The Balaban J connectivity index is 2.22. The van der Waals surface area contributed by atoms with Crippen LogP contribution >= 0.6 is 0 Å². The summed E-state index contributed by atoms with van der Waals surface area (Å²) in [7, 11) is -3.79. The molecule has 0 amide bonds. The topological polar surface area (TPSA) is 118 Å². The number of hydrogen-bond acceptors (Lipinski definition) is 5. The standard InChI is InChI=1S/C13H21N3O3S/c1-9-11(16-8-13(2-3-13)4-5-17)6-10(14)7-12(9)20(15,18)19/h6-7,16-17H,2-5,8,14H2,1H3,(H2,15,18,19). The number of benzene rings is 1. The highest BCUT2D eigenvalue weighted by Crippen LogP contribution is 2.48. The predicted octanol–water partition coefficient (Wildman–Crippen LogP) is 0.799. The van der Waals surface area contributed by atoms with Crippen LogP contribution in [0.3, 0.4) is 0 Å². The fourth-order valence-corrected chi connectivity index (χ4v) is 3.24. The highest BCUT2D eigenvalue weighted by molar-refractivity contribution is 7.89.